The van der Waals surface area contributed by atoms with Crippen LogP contribution in [-0.4, -0.2) is 53.7 Å². The number of hydrogen-bond acceptors (Lipinski definition) is 5. The Morgan fingerprint density at radius 3 is 3.14 bits per heavy atom. The third-order valence-corrected chi connectivity index (χ3v) is 3.15. The first-order chi connectivity index (χ1) is 10.2. The van der Waals surface area contributed by atoms with Crippen LogP contribution in [0.3, 0.4) is 0 Å². The lowest BCUT2D eigenvalue weighted by Gasteiger charge is -2.32. The second-order valence-corrected chi connectivity index (χ2v) is 4.70. The van der Waals surface area contributed by atoms with E-state index in [9.17, 15) is 4.79 Å². The SMILES string of the molecule is C=CCNC(=O)N1CCCC(Oc2cncc(OC)n2)C1. The number of hydrogen-bond donors (Lipinski definition) is 1. The Hall–Kier alpha value is -2.31. The molecule has 0 aromatic carbocycles. The van der Waals surface area contributed by atoms with E-state index in [0.717, 1.165) is 19.4 Å². The van der Waals surface area contributed by atoms with Crippen molar-refractivity contribution in [3.8, 4) is 11.8 Å². The maximum absolute atomic E-state index is 11.9. The number of likely N-dealkylation sites (tertiary alicyclic amines) is 1. The highest BCUT2D eigenvalue weighted by Crippen LogP contribution is 2.18. The predicted octanol–water partition coefficient (Wildman–Crippen LogP) is 1.22. The molecule has 1 aromatic heterocycles. The maximum atomic E-state index is 11.9. The molecule has 1 atom stereocenters. The molecule has 0 saturated carbocycles. The number of ether oxygens (including phenoxy) is 2. The zero-order valence-electron chi connectivity index (χ0n) is 12.1. The van der Waals surface area contributed by atoms with E-state index < -0.39 is 0 Å². The molecular formula is C14H20N4O3. The van der Waals surface area contributed by atoms with Gasteiger partial charge >= 0.3 is 6.03 Å². The van der Waals surface area contributed by atoms with E-state index in [1.807, 2.05) is 0 Å². The second-order valence-electron chi connectivity index (χ2n) is 4.70. The summed E-state index contributed by atoms with van der Waals surface area (Å²) in [6.07, 6.45) is 6.40. The number of urea groups is 1. The molecule has 2 heterocycles. The molecule has 1 aliphatic heterocycles. The molecule has 1 fully saturated rings. The van der Waals surface area contributed by atoms with Gasteiger partial charge in [0, 0.05) is 13.1 Å². The third kappa shape index (κ3) is 4.34. The molecule has 2 amide bonds. The van der Waals surface area contributed by atoms with Crippen molar-refractivity contribution in [3.63, 3.8) is 0 Å². The highest BCUT2D eigenvalue weighted by atomic mass is 16.5. The molecule has 7 heteroatoms. The van der Waals surface area contributed by atoms with Gasteiger partial charge in [-0.2, -0.15) is 4.98 Å². The van der Waals surface area contributed by atoms with Gasteiger partial charge in [0.1, 0.15) is 6.10 Å². The average molecular weight is 292 g/mol. The Morgan fingerprint density at radius 1 is 1.57 bits per heavy atom. The van der Waals surface area contributed by atoms with Gasteiger partial charge in [0.05, 0.1) is 26.0 Å². The van der Waals surface area contributed by atoms with Crippen molar-refractivity contribution in [2.75, 3.05) is 26.7 Å². The lowest BCUT2D eigenvalue weighted by atomic mass is 10.1. The van der Waals surface area contributed by atoms with Crippen LogP contribution in [0.2, 0.25) is 0 Å². The minimum Gasteiger partial charge on any atom is -0.480 e. The van der Waals surface area contributed by atoms with E-state index in [2.05, 4.69) is 21.9 Å². The van der Waals surface area contributed by atoms with Crippen LogP contribution in [0.25, 0.3) is 0 Å². The number of rotatable bonds is 5. The summed E-state index contributed by atoms with van der Waals surface area (Å²) in [5.41, 5.74) is 0. The van der Waals surface area contributed by atoms with E-state index in [-0.39, 0.29) is 12.1 Å². The first kappa shape index (κ1) is 15.1. The van der Waals surface area contributed by atoms with Gasteiger partial charge in [-0.25, -0.2) is 4.79 Å². The minimum absolute atomic E-state index is 0.0883. The number of nitrogens with one attached hydrogen (secondary N) is 1. The summed E-state index contributed by atoms with van der Waals surface area (Å²) in [6, 6.07) is -0.0973. The van der Waals surface area contributed by atoms with E-state index in [0.29, 0.717) is 24.8 Å². The number of methoxy groups -OCH3 is 1. The normalized spacial score (nSPS) is 18.0. The monoisotopic (exact) mass is 292 g/mol. The van der Waals surface area contributed by atoms with Crippen molar-refractivity contribution >= 4 is 6.03 Å². The van der Waals surface area contributed by atoms with Gasteiger partial charge in [0.15, 0.2) is 0 Å². The zero-order valence-corrected chi connectivity index (χ0v) is 12.1. The van der Waals surface area contributed by atoms with Gasteiger partial charge in [-0.05, 0) is 12.8 Å². The van der Waals surface area contributed by atoms with Crippen LogP contribution in [0.4, 0.5) is 4.79 Å². The van der Waals surface area contributed by atoms with Crippen LogP contribution in [0.5, 0.6) is 11.8 Å². The van der Waals surface area contributed by atoms with E-state index in [1.54, 1.807) is 17.2 Å². The minimum atomic E-state index is -0.0973. The van der Waals surface area contributed by atoms with Gasteiger partial charge in [-0.3, -0.25) is 4.98 Å². The fourth-order valence-electron chi connectivity index (χ4n) is 2.15. The molecule has 1 N–H and O–H groups in total. The van der Waals surface area contributed by atoms with Crippen LogP contribution in [0, 0.1) is 0 Å². The van der Waals surface area contributed by atoms with E-state index in [1.165, 1.54) is 13.3 Å². The number of carbonyl (C=O) groups excluding carboxylic acids is 1. The Kier molecular flexibility index (Phi) is 5.36. The molecule has 0 spiro atoms. The molecule has 1 aliphatic rings. The molecule has 1 aromatic rings. The second kappa shape index (κ2) is 7.47. The Morgan fingerprint density at radius 2 is 2.38 bits per heavy atom. The summed E-state index contributed by atoms with van der Waals surface area (Å²) in [5, 5.41) is 2.77. The number of piperidine rings is 1. The molecule has 0 radical (unpaired) electrons. The fourth-order valence-corrected chi connectivity index (χ4v) is 2.15. The van der Waals surface area contributed by atoms with Gasteiger partial charge in [0.2, 0.25) is 11.8 Å². The van der Waals surface area contributed by atoms with Crippen LogP contribution >= 0.6 is 0 Å². The molecule has 0 bridgehead atoms. The Bertz CT molecular complexity index is 495. The molecule has 114 valence electrons. The number of carbonyl (C=O) groups is 1. The predicted molar refractivity (Wildman–Crippen MR) is 77.4 cm³/mol. The van der Waals surface area contributed by atoms with Crippen LogP contribution in [0.1, 0.15) is 12.8 Å². The molecular weight excluding hydrogens is 272 g/mol. The summed E-state index contributed by atoms with van der Waals surface area (Å²) < 4.78 is 10.8. The lowest BCUT2D eigenvalue weighted by Crippen LogP contribution is -2.48. The van der Waals surface area contributed by atoms with Gasteiger partial charge in [-0.1, -0.05) is 6.08 Å². The zero-order chi connectivity index (χ0) is 15.1. The van der Waals surface area contributed by atoms with Gasteiger partial charge in [0.25, 0.3) is 0 Å². The lowest BCUT2D eigenvalue weighted by molar-refractivity contribution is 0.0972. The summed E-state index contributed by atoms with van der Waals surface area (Å²) >= 11 is 0. The third-order valence-electron chi connectivity index (χ3n) is 3.15. The molecule has 1 saturated heterocycles. The van der Waals surface area contributed by atoms with Crippen molar-refractivity contribution in [2.45, 2.75) is 18.9 Å². The van der Waals surface area contributed by atoms with Crippen LogP contribution in [-0.2, 0) is 0 Å². The summed E-state index contributed by atoms with van der Waals surface area (Å²) in [7, 11) is 1.53. The quantitative estimate of drug-likeness (QED) is 0.826. The van der Waals surface area contributed by atoms with Crippen LogP contribution < -0.4 is 14.8 Å². The van der Waals surface area contributed by atoms with E-state index >= 15 is 0 Å². The number of amides is 2. The van der Waals surface area contributed by atoms with Crippen LogP contribution in [0.15, 0.2) is 25.0 Å². The van der Waals surface area contributed by atoms with Gasteiger partial charge in [-0.15, -0.1) is 6.58 Å². The number of nitrogens with zero attached hydrogens (tertiary/aromatic N) is 3. The van der Waals surface area contributed by atoms with Gasteiger partial charge < -0.3 is 19.7 Å². The first-order valence-corrected chi connectivity index (χ1v) is 6.89. The smallest absolute Gasteiger partial charge is 0.317 e. The summed E-state index contributed by atoms with van der Waals surface area (Å²) in [5.74, 6) is 0.816. The highest BCUT2D eigenvalue weighted by molar-refractivity contribution is 5.74. The Balaban J connectivity index is 1.91. The highest BCUT2D eigenvalue weighted by Gasteiger charge is 2.25. The first-order valence-electron chi connectivity index (χ1n) is 6.89. The molecule has 1 unspecified atom stereocenters. The topological polar surface area (TPSA) is 76.6 Å². The van der Waals surface area contributed by atoms with Crippen molar-refractivity contribution < 1.29 is 14.3 Å². The molecule has 7 nitrogen and oxygen atoms in total. The molecule has 0 aliphatic carbocycles. The summed E-state index contributed by atoms with van der Waals surface area (Å²) in [4.78, 5) is 21.8. The average Bonchev–Trinajstić information content (AvgIpc) is 2.53. The van der Waals surface area contributed by atoms with Crippen molar-refractivity contribution in [3.05, 3.63) is 25.0 Å². The number of aromatic nitrogens is 2. The van der Waals surface area contributed by atoms with E-state index in [4.69, 9.17) is 9.47 Å². The fraction of sp³-hybridized carbons (Fsp3) is 0.500. The standard InChI is InChI=1S/C14H20N4O3/c1-3-6-16-14(19)18-7-4-5-11(10-18)21-13-9-15-8-12(17-13)20-2/h3,8-9,11H,1,4-7,10H2,2H3,(H,16,19). The largest absolute Gasteiger partial charge is 0.480 e. The Labute approximate surface area is 124 Å². The van der Waals surface area contributed by atoms with Crippen molar-refractivity contribution in [1.29, 1.82) is 0 Å². The molecule has 2 rings (SSSR count). The van der Waals surface area contributed by atoms with Crippen molar-refractivity contribution in [1.82, 2.24) is 20.2 Å². The van der Waals surface area contributed by atoms with Crippen molar-refractivity contribution in [2.24, 2.45) is 0 Å². The summed E-state index contributed by atoms with van der Waals surface area (Å²) in [6.45, 7) is 5.30. The maximum Gasteiger partial charge on any atom is 0.317 e. The molecule has 21 heavy (non-hydrogen) atoms.